The topological polar surface area (TPSA) is 0 Å². The second-order valence-electron chi connectivity index (χ2n) is 10.6. The highest BCUT2D eigenvalue weighted by Crippen LogP contribution is 2.68. The van der Waals surface area contributed by atoms with E-state index in [1.165, 1.54) is 0 Å². The molecule has 0 spiro atoms. The highest BCUT2D eigenvalue weighted by atomic mass is 32.1. The van der Waals surface area contributed by atoms with Gasteiger partial charge in [0.25, 0.3) is 0 Å². The summed E-state index contributed by atoms with van der Waals surface area (Å²) in [5.74, 6) is -16.1. The fraction of sp³-hybridized carbons (Fsp3) is 0.0811. The van der Waals surface area contributed by atoms with Crippen LogP contribution in [0, 0.1) is 0 Å². The number of thiophene rings is 2. The second kappa shape index (κ2) is 10.9. The van der Waals surface area contributed by atoms with Crippen molar-refractivity contribution in [2.24, 2.45) is 0 Å². The lowest BCUT2D eigenvalue weighted by Gasteiger charge is -2.26. The van der Waals surface area contributed by atoms with Crippen molar-refractivity contribution in [2.45, 2.75) is 17.8 Å². The molecule has 224 valence electrons. The van der Waals surface area contributed by atoms with Crippen LogP contribution in [0.25, 0.3) is 54.3 Å². The van der Waals surface area contributed by atoms with E-state index in [2.05, 4.69) is 0 Å². The summed E-state index contributed by atoms with van der Waals surface area (Å²) >= 11 is 2.12. The van der Waals surface area contributed by atoms with Crippen LogP contribution < -0.4 is 0 Å². The minimum Gasteiger partial charge on any atom is -0.194 e. The lowest BCUT2D eigenvalue weighted by molar-refractivity contribution is -0.254. The van der Waals surface area contributed by atoms with Crippen molar-refractivity contribution in [3.05, 3.63) is 143 Å². The highest BCUT2D eigenvalue weighted by molar-refractivity contribution is 7.15. The predicted molar refractivity (Wildman–Crippen MR) is 172 cm³/mol. The van der Waals surface area contributed by atoms with E-state index in [9.17, 15) is 0 Å². The van der Waals surface area contributed by atoms with Crippen LogP contribution in [0.3, 0.4) is 0 Å². The van der Waals surface area contributed by atoms with Gasteiger partial charge in [-0.1, -0.05) is 121 Å². The van der Waals surface area contributed by atoms with Gasteiger partial charge in [0.1, 0.15) is 0 Å². The molecule has 0 amide bonds. The summed E-state index contributed by atoms with van der Waals surface area (Å²) in [4.78, 5) is 0.403. The third-order valence-electron chi connectivity index (χ3n) is 7.99. The molecule has 4 aromatic carbocycles. The van der Waals surface area contributed by atoms with Crippen molar-refractivity contribution < 1.29 is 26.3 Å². The molecule has 0 N–H and O–H groups in total. The third-order valence-corrected chi connectivity index (χ3v) is 10.0. The predicted octanol–water partition coefficient (Wildman–Crippen LogP) is 12.3. The number of rotatable bonds is 6. The van der Waals surface area contributed by atoms with Crippen molar-refractivity contribution in [1.29, 1.82) is 0 Å². The van der Waals surface area contributed by atoms with E-state index in [0.29, 0.717) is 22.3 Å². The zero-order chi connectivity index (χ0) is 31.4. The Morgan fingerprint density at radius 3 is 0.978 bits per heavy atom. The SMILES string of the molecule is FC1(F)C(c2c(-c3ccccc3)csc2-c2ccccc2)=C(c2c(-c3ccccc3)csc2-c2ccccc2)C(F)(F)C1(F)F. The Morgan fingerprint density at radius 1 is 0.378 bits per heavy atom. The van der Waals surface area contributed by atoms with Crippen molar-refractivity contribution in [3.63, 3.8) is 0 Å². The van der Waals surface area contributed by atoms with Gasteiger partial charge in [-0.3, -0.25) is 0 Å². The lowest BCUT2D eigenvalue weighted by atomic mass is 9.86. The van der Waals surface area contributed by atoms with E-state index in [4.69, 9.17) is 0 Å². The minimum atomic E-state index is -5.71. The van der Waals surface area contributed by atoms with E-state index >= 15 is 26.3 Å². The first-order chi connectivity index (χ1) is 21.6. The average Bonchev–Trinajstić information content (AvgIpc) is 3.72. The van der Waals surface area contributed by atoms with E-state index in [1.54, 1.807) is 132 Å². The Bertz CT molecular complexity index is 1750. The zero-order valence-electron chi connectivity index (χ0n) is 23.3. The fourth-order valence-corrected chi connectivity index (χ4v) is 8.05. The van der Waals surface area contributed by atoms with Gasteiger partial charge in [-0.15, -0.1) is 22.7 Å². The van der Waals surface area contributed by atoms with Gasteiger partial charge in [0.15, 0.2) is 0 Å². The monoisotopic (exact) mass is 644 g/mol. The molecule has 6 aromatic rings. The van der Waals surface area contributed by atoms with E-state index in [0.717, 1.165) is 22.7 Å². The summed E-state index contributed by atoms with van der Waals surface area (Å²) in [6, 6.07) is 33.6. The van der Waals surface area contributed by atoms with Crippen molar-refractivity contribution in [2.75, 3.05) is 0 Å². The van der Waals surface area contributed by atoms with E-state index < -0.39 is 28.9 Å². The van der Waals surface area contributed by atoms with Gasteiger partial charge in [-0.2, -0.15) is 26.3 Å². The van der Waals surface area contributed by atoms with Crippen LogP contribution in [0.15, 0.2) is 132 Å². The Balaban J connectivity index is 1.67. The summed E-state index contributed by atoms with van der Waals surface area (Å²) in [5.41, 5.74) is -1.19. The molecule has 8 heteroatoms. The normalized spacial score (nSPS) is 16.7. The number of halogens is 6. The standard InChI is InChI=1S/C37H22F6S2/c38-35(39)31(29-27(23-13-5-1-6-14-23)21-44-33(29)25-17-9-3-10-18-25)32(36(40,41)37(35,42)43)30-28(24-15-7-2-8-16-24)22-45-34(30)26-19-11-4-12-20-26/h1-22H. The van der Waals surface area contributed by atoms with Gasteiger partial charge in [0, 0.05) is 43.2 Å². The Morgan fingerprint density at radius 2 is 0.667 bits per heavy atom. The molecule has 0 saturated carbocycles. The summed E-state index contributed by atoms with van der Waals surface area (Å²) in [7, 11) is 0. The molecule has 1 aliphatic rings. The van der Waals surface area contributed by atoms with Crippen LogP contribution in [0.4, 0.5) is 26.3 Å². The van der Waals surface area contributed by atoms with Crippen LogP contribution in [0.5, 0.6) is 0 Å². The van der Waals surface area contributed by atoms with Gasteiger partial charge in [0.05, 0.1) is 0 Å². The lowest BCUT2D eigenvalue weighted by Crippen LogP contribution is -2.49. The number of hydrogen-bond acceptors (Lipinski definition) is 2. The van der Waals surface area contributed by atoms with Gasteiger partial charge in [-0.05, 0) is 33.0 Å². The molecule has 0 bridgehead atoms. The molecular weight excluding hydrogens is 623 g/mol. The number of benzene rings is 4. The molecule has 0 saturated heterocycles. The summed E-state index contributed by atoms with van der Waals surface area (Å²) in [6.07, 6.45) is 0. The van der Waals surface area contributed by atoms with Crippen molar-refractivity contribution in [1.82, 2.24) is 0 Å². The summed E-state index contributed by atoms with van der Waals surface area (Å²) in [6.45, 7) is 0. The van der Waals surface area contributed by atoms with Gasteiger partial charge >= 0.3 is 17.8 Å². The summed E-state index contributed by atoms with van der Waals surface area (Å²) in [5, 5.41) is 3.15. The van der Waals surface area contributed by atoms with Crippen molar-refractivity contribution in [3.8, 4) is 43.1 Å². The Labute approximate surface area is 263 Å². The Hall–Kier alpha value is -4.40. The molecule has 0 nitrogen and oxygen atoms in total. The minimum absolute atomic E-state index is 0.179. The maximum atomic E-state index is 16.5. The fourth-order valence-electron chi connectivity index (χ4n) is 5.87. The number of hydrogen-bond donors (Lipinski definition) is 0. The van der Waals surface area contributed by atoms with Gasteiger partial charge in [-0.25, -0.2) is 0 Å². The molecule has 7 rings (SSSR count). The van der Waals surface area contributed by atoms with Crippen LogP contribution >= 0.6 is 22.7 Å². The van der Waals surface area contributed by atoms with Crippen LogP contribution in [0.2, 0.25) is 0 Å². The average molecular weight is 645 g/mol. The van der Waals surface area contributed by atoms with E-state index in [1.807, 2.05) is 0 Å². The molecule has 45 heavy (non-hydrogen) atoms. The maximum absolute atomic E-state index is 16.5. The Kier molecular flexibility index (Phi) is 7.10. The van der Waals surface area contributed by atoms with Gasteiger partial charge in [0.2, 0.25) is 0 Å². The largest absolute Gasteiger partial charge is 0.380 e. The number of allylic oxidation sites excluding steroid dienone is 2. The molecule has 0 fully saturated rings. The molecule has 0 unspecified atom stereocenters. The molecule has 2 aromatic heterocycles. The number of alkyl halides is 6. The third kappa shape index (κ3) is 4.50. The molecular formula is C37H22F6S2. The molecule has 2 heterocycles. The summed E-state index contributed by atoms with van der Waals surface area (Å²) < 4.78 is 97.4. The first-order valence-electron chi connectivity index (χ1n) is 14.0. The maximum Gasteiger partial charge on any atom is 0.380 e. The molecule has 0 radical (unpaired) electrons. The molecule has 1 aliphatic carbocycles. The highest BCUT2D eigenvalue weighted by Gasteiger charge is 2.80. The second-order valence-corrected chi connectivity index (χ2v) is 12.4. The molecule has 0 aliphatic heterocycles. The van der Waals surface area contributed by atoms with Crippen molar-refractivity contribution >= 4 is 33.8 Å². The quantitative estimate of drug-likeness (QED) is 0.158. The van der Waals surface area contributed by atoms with Gasteiger partial charge < -0.3 is 0 Å². The first kappa shape index (κ1) is 29.3. The van der Waals surface area contributed by atoms with Crippen LogP contribution in [-0.2, 0) is 0 Å². The van der Waals surface area contributed by atoms with Crippen LogP contribution in [-0.4, -0.2) is 17.8 Å². The van der Waals surface area contributed by atoms with Crippen LogP contribution in [0.1, 0.15) is 11.1 Å². The first-order valence-corrected chi connectivity index (χ1v) is 15.7. The molecule has 0 atom stereocenters. The zero-order valence-corrected chi connectivity index (χ0v) is 24.9. The van der Waals surface area contributed by atoms with E-state index in [-0.39, 0.29) is 32.0 Å². The smallest absolute Gasteiger partial charge is 0.194 e.